The minimum atomic E-state index is -0.0972. The van der Waals surface area contributed by atoms with Crippen LogP contribution < -0.4 is 21.8 Å². The Morgan fingerprint density at radius 1 is 0.391 bits per heavy atom. The molecule has 0 bridgehead atoms. The SMILES string of the molecule is O=c1c2cccc3c2n2c4c(cccc4c4cccc1c42)B3c1c(-c2ccccc2)cc(-c2ccccc2)cc1-c1ccccc1. The molecule has 1 aliphatic rings. The molecule has 0 unspecified atom stereocenters. The normalized spacial score (nSPS) is 12.4. The number of pyridine rings is 1. The zero-order chi connectivity index (χ0) is 30.4. The average Bonchev–Trinajstić information content (AvgIpc) is 3.47. The van der Waals surface area contributed by atoms with E-state index in [0.717, 1.165) is 27.2 Å². The summed E-state index contributed by atoms with van der Waals surface area (Å²) in [6.07, 6.45) is 0. The summed E-state index contributed by atoms with van der Waals surface area (Å²) in [5.74, 6) is 0. The van der Waals surface area contributed by atoms with E-state index in [2.05, 4.69) is 144 Å². The number of aromatic nitrogens is 1. The Labute approximate surface area is 266 Å². The number of hydrogen-bond acceptors (Lipinski definition) is 1. The van der Waals surface area contributed by atoms with Crippen molar-refractivity contribution >= 4 is 61.2 Å². The van der Waals surface area contributed by atoms with Crippen molar-refractivity contribution in [2.24, 2.45) is 0 Å². The second-order valence-corrected chi connectivity index (χ2v) is 12.4. The van der Waals surface area contributed by atoms with Crippen molar-refractivity contribution in [3.63, 3.8) is 0 Å². The highest BCUT2D eigenvalue weighted by Crippen LogP contribution is 2.37. The summed E-state index contributed by atoms with van der Waals surface area (Å²) < 4.78 is 2.39. The molecule has 1 aliphatic heterocycles. The maximum atomic E-state index is 14.2. The topological polar surface area (TPSA) is 21.5 Å². The molecule has 3 heterocycles. The van der Waals surface area contributed by atoms with E-state index in [-0.39, 0.29) is 12.1 Å². The van der Waals surface area contributed by atoms with Gasteiger partial charge in [0.05, 0.1) is 11.0 Å². The van der Waals surface area contributed by atoms with Gasteiger partial charge in [-0.3, -0.25) is 4.79 Å². The second kappa shape index (κ2) is 9.54. The van der Waals surface area contributed by atoms with Gasteiger partial charge in [0.25, 0.3) is 0 Å². The minimum absolute atomic E-state index is 0.0972. The fraction of sp³-hybridized carbons (Fsp3) is 0. The molecular formula is C43H26BNO. The Bertz CT molecular complexity index is 2640. The van der Waals surface area contributed by atoms with Crippen LogP contribution in [0.5, 0.6) is 0 Å². The van der Waals surface area contributed by atoms with Crippen molar-refractivity contribution in [2.75, 3.05) is 0 Å². The molecule has 0 atom stereocenters. The Kier molecular flexibility index (Phi) is 5.27. The third kappa shape index (κ3) is 3.40. The number of hydrogen-bond donors (Lipinski definition) is 0. The van der Waals surface area contributed by atoms with E-state index >= 15 is 0 Å². The highest BCUT2D eigenvalue weighted by molar-refractivity contribution is 7.00. The van der Waals surface area contributed by atoms with E-state index in [1.54, 1.807) is 0 Å². The van der Waals surface area contributed by atoms with E-state index in [4.69, 9.17) is 0 Å². The molecule has 0 saturated carbocycles. The van der Waals surface area contributed by atoms with E-state index < -0.39 is 0 Å². The smallest absolute Gasteiger partial charge is 0.248 e. The fourth-order valence-corrected chi connectivity index (χ4v) is 8.11. The summed E-state index contributed by atoms with van der Waals surface area (Å²) in [6, 6.07) is 56.2. The lowest BCUT2D eigenvalue weighted by Crippen LogP contribution is -2.56. The molecule has 0 radical (unpaired) electrons. The van der Waals surface area contributed by atoms with Crippen LogP contribution in [-0.2, 0) is 0 Å². The van der Waals surface area contributed by atoms with Gasteiger partial charge < -0.3 is 4.40 Å². The van der Waals surface area contributed by atoms with Crippen LogP contribution in [0.4, 0.5) is 0 Å². The molecule has 46 heavy (non-hydrogen) atoms. The first-order chi connectivity index (χ1) is 22.8. The molecule has 2 nitrogen and oxygen atoms in total. The molecule has 212 valence electrons. The zero-order valence-electron chi connectivity index (χ0n) is 24.9. The minimum Gasteiger partial charge on any atom is -0.309 e. The van der Waals surface area contributed by atoms with Crippen LogP contribution in [-0.4, -0.2) is 11.1 Å². The average molecular weight is 583 g/mol. The van der Waals surface area contributed by atoms with Gasteiger partial charge in [-0.2, -0.15) is 0 Å². The Morgan fingerprint density at radius 3 is 1.39 bits per heavy atom. The molecule has 2 aromatic heterocycles. The molecule has 7 aromatic carbocycles. The van der Waals surface area contributed by atoms with Crippen LogP contribution in [0.3, 0.4) is 0 Å². The summed E-state index contributed by atoms with van der Waals surface area (Å²) in [5.41, 5.74) is 14.2. The van der Waals surface area contributed by atoms with Gasteiger partial charge in [-0.05, 0) is 68.6 Å². The maximum Gasteiger partial charge on any atom is 0.248 e. The first kappa shape index (κ1) is 25.4. The molecule has 0 saturated heterocycles. The van der Waals surface area contributed by atoms with Crippen molar-refractivity contribution < 1.29 is 0 Å². The van der Waals surface area contributed by atoms with Crippen molar-refractivity contribution in [3.05, 3.63) is 168 Å². The van der Waals surface area contributed by atoms with Crippen molar-refractivity contribution in [2.45, 2.75) is 0 Å². The standard InChI is InChI=1S/C43H26BNO/c46-43-33-21-10-19-31-32-20-11-23-37-41(32)45(40(31)33)42-34(43)22-12-24-38(42)44(37)39-35(28-15-6-2-7-16-28)25-30(27-13-4-1-5-14-27)26-36(39)29-17-8-3-9-18-29/h1-26H. The first-order valence-corrected chi connectivity index (χ1v) is 15.9. The molecule has 0 amide bonds. The third-order valence-corrected chi connectivity index (χ3v) is 9.99. The van der Waals surface area contributed by atoms with E-state index in [0.29, 0.717) is 0 Å². The molecule has 3 heteroatoms. The Morgan fingerprint density at radius 2 is 0.826 bits per heavy atom. The summed E-state index contributed by atoms with van der Waals surface area (Å²) in [7, 11) is 0. The van der Waals surface area contributed by atoms with Crippen molar-refractivity contribution in [3.8, 4) is 33.4 Å². The third-order valence-electron chi connectivity index (χ3n) is 9.99. The van der Waals surface area contributed by atoms with Crippen molar-refractivity contribution in [1.29, 1.82) is 0 Å². The van der Waals surface area contributed by atoms with Gasteiger partial charge in [0.2, 0.25) is 6.71 Å². The van der Waals surface area contributed by atoms with Gasteiger partial charge in [0.1, 0.15) is 0 Å². The van der Waals surface area contributed by atoms with Gasteiger partial charge in [-0.25, -0.2) is 0 Å². The zero-order valence-corrected chi connectivity index (χ0v) is 24.9. The number of nitrogens with zero attached hydrogens (tertiary/aromatic N) is 1. The number of rotatable bonds is 4. The summed E-state index contributed by atoms with van der Waals surface area (Å²) in [4.78, 5) is 14.2. The van der Waals surface area contributed by atoms with Gasteiger partial charge in [-0.1, -0.05) is 139 Å². The van der Waals surface area contributed by atoms with Crippen LogP contribution in [0, 0.1) is 0 Å². The molecule has 0 N–H and O–H groups in total. The van der Waals surface area contributed by atoms with Gasteiger partial charge in [0.15, 0.2) is 5.43 Å². The van der Waals surface area contributed by atoms with E-state index in [1.165, 1.54) is 60.7 Å². The van der Waals surface area contributed by atoms with Crippen LogP contribution in [0.15, 0.2) is 163 Å². The number of benzene rings is 7. The predicted molar refractivity (Wildman–Crippen MR) is 195 cm³/mol. The largest absolute Gasteiger partial charge is 0.309 e. The molecule has 0 fully saturated rings. The van der Waals surface area contributed by atoms with Crippen LogP contribution >= 0.6 is 0 Å². The summed E-state index contributed by atoms with van der Waals surface area (Å²) in [5, 5.41) is 3.88. The Balaban J connectivity index is 1.42. The molecule has 9 aromatic rings. The van der Waals surface area contributed by atoms with E-state index in [1.807, 2.05) is 18.2 Å². The summed E-state index contributed by atoms with van der Waals surface area (Å²) >= 11 is 0. The van der Waals surface area contributed by atoms with Crippen LogP contribution in [0.1, 0.15) is 0 Å². The van der Waals surface area contributed by atoms with Gasteiger partial charge >= 0.3 is 0 Å². The maximum absolute atomic E-state index is 14.2. The fourth-order valence-electron chi connectivity index (χ4n) is 8.11. The monoisotopic (exact) mass is 583 g/mol. The highest BCUT2D eigenvalue weighted by atomic mass is 16.1. The Hall–Kier alpha value is -5.93. The van der Waals surface area contributed by atoms with E-state index in [9.17, 15) is 4.79 Å². The summed E-state index contributed by atoms with van der Waals surface area (Å²) in [6.45, 7) is -0.0972. The van der Waals surface area contributed by atoms with Gasteiger partial charge in [0, 0.05) is 27.1 Å². The number of para-hydroxylation sites is 3. The molecular weight excluding hydrogens is 557 g/mol. The predicted octanol–water partition coefficient (Wildman–Crippen LogP) is 8.03. The molecule has 0 aliphatic carbocycles. The molecule has 0 spiro atoms. The van der Waals surface area contributed by atoms with Crippen LogP contribution in [0.25, 0.3) is 71.5 Å². The number of fused-ring (bicyclic) bond motifs is 1. The van der Waals surface area contributed by atoms with Crippen LogP contribution in [0.2, 0.25) is 0 Å². The quantitative estimate of drug-likeness (QED) is 0.152. The van der Waals surface area contributed by atoms with Crippen molar-refractivity contribution in [1.82, 2.24) is 4.40 Å². The first-order valence-electron chi connectivity index (χ1n) is 15.9. The highest BCUT2D eigenvalue weighted by Gasteiger charge is 2.36. The lowest BCUT2D eigenvalue weighted by atomic mass is 9.34. The second-order valence-electron chi connectivity index (χ2n) is 12.4. The molecule has 10 rings (SSSR count). The van der Waals surface area contributed by atoms with Gasteiger partial charge in [-0.15, -0.1) is 0 Å². The lowest BCUT2D eigenvalue weighted by molar-refractivity contribution is 1.34. The lowest BCUT2D eigenvalue weighted by Gasteiger charge is -2.29.